The van der Waals surface area contributed by atoms with Crippen LogP contribution in [0.4, 0.5) is 0 Å². The van der Waals surface area contributed by atoms with Gasteiger partial charge >= 0.3 is 5.97 Å². The maximum Gasteiger partial charge on any atom is 0.342 e. The van der Waals surface area contributed by atoms with Crippen LogP contribution in [-0.2, 0) is 9.47 Å². The molecule has 1 aromatic carbocycles. The van der Waals surface area contributed by atoms with Crippen LogP contribution in [0.3, 0.4) is 0 Å². The van der Waals surface area contributed by atoms with Crippen molar-refractivity contribution in [1.29, 1.82) is 0 Å². The molecule has 0 bridgehead atoms. The molecule has 146 valence electrons. The Bertz CT molecular complexity index is 837. The molecule has 0 N–H and O–H groups in total. The summed E-state index contributed by atoms with van der Waals surface area (Å²) in [5.74, 6) is -0.394. The van der Waals surface area contributed by atoms with Crippen molar-refractivity contribution in [2.75, 3.05) is 27.4 Å². The number of hydrogen-bond donors (Lipinski definition) is 0. The van der Waals surface area contributed by atoms with Crippen LogP contribution in [-0.4, -0.2) is 43.8 Å². The summed E-state index contributed by atoms with van der Waals surface area (Å²) in [5.41, 5.74) is 3.58. The zero-order valence-electron chi connectivity index (χ0n) is 16.8. The smallest absolute Gasteiger partial charge is 0.342 e. The molecule has 0 aliphatic rings. The zero-order chi connectivity index (χ0) is 20.1. The predicted octanol–water partition coefficient (Wildman–Crippen LogP) is 3.67. The Hall–Kier alpha value is -2.60. The number of ether oxygens (including phenoxy) is 3. The number of benzene rings is 1. The third kappa shape index (κ3) is 4.57. The molecule has 0 saturated carbocycles. The van der Waals surface area contributed by atoms with Crippen molar-refractivity contribution in [2.45, 2.75) is 33.7 Å². The number of esters is 1. The third-order valence-corrected chi connectivity index (χ3v) is 4.54. The lowest BCUT2D eigenvalue weighted by Gasteiger charge is -2.17. The molecule has 0 radical (unpaired) electrons. The van der Waals surface area contributed by atoms with Crippen molar-refractivity contribution in [3.8, 4) is 5.75 Å². The maximum absolute atomic E-state index is 12.6. The van der Waals surface area contributed by atoms with Crippen molar-refractivity contribution >= 4 is 11.8 Å². The van der Waals surface area contributed by atoms with E-state index in [1.54, 1.807) is 19.2 Å². The number of carbonyl (C=O) groups excluding carboxylic acids is 2. The molecule has 0 unspecified atom stereocenters. The summed E-state index contributed by atoms with van der Waals surface area (Å²) in [6.45, 7) is 7.96. The van der Waals surface area contributed by atoms with Crippen LogP contribution in [0.1, 0.15) is 50.6 Å². The van der Waals surface area contributed by atoms with E-state index >= 15 is 0 Å². The molecule has 6 nitrogen and oxygen atoms in total. The lowest BCUT2D eigenvalue weighted by atomic mass is 10.1. The third-order valence-electron chi connectivity index (χ3n) is 4.54. The van der Waals surface area contributed by atoms with Crippen molar-refractivity contribution in [3.05, 3.63) is 52.3 Å². The number of Topliss-reactive ketones (excluding diaryl/α,β-unsaturated/α-hetero) is 1. The van der Waals surface area contributed by atoms with E-state index in [9.17, 15) is 9.59 Å². The van der Waals surface area contributed by atoms with Crippen LogP contribution in [0.5, 0.6) is 5.75 Å². The molecule has 2 rings (SSSR count). The standard InChI is InChI=1S/C21H27NO5/c1-13-7-8-20(26-6)18(9-13)21(24)27-12-19(23)17-10-14(2)22(16(17)4)15(3)11-25-5/h7-10,15H,11-12H2,1-6H3/t15-/m1/s1. The minimum Gasteiger partial charge on any atom is -0.496 e. The van der Waals surface area contributed by atoms with Gasteiger partial charge in [-0.05, 0) is 45.9 Å². The summed E-state index contributed by atoms with van der Waals surface area (Å²) in [5, 5.41) is 0. The lowest BCUT2D eigenvalue weighted by Crippen LogP contribution is -2.17. The molecule has 6 heteroatoms. The summed E-state index contributed by atoms with van der Waals surface area (Å²) in [7, 11) is 3.14. The van der Waals surface area contributed by atoms with Gasteiger partial charge in [0.1, 0.15) is 11.3 Å². The summed E-state index contributed by atoms with van der Waals surface area (Å²) in [4.78, 5) is 25.0. The SMILES string of the molecule is COC[C@@H](C)n1c(C)cc(C(=O)COC(=O)c2cc(C)ccc2OC)c1C. The highest BCUT2D eigenvalue weighted by Crippen LogP contribution is 2.23. The van der Waals surface area contributed by atoms with E-state index in [-0.39, 0.29) is 18.4 Å². The molecule has 0 aliphatic heterocycles. The quantitative estimate of drug-likeness (QED) is 0.522. The number of ketones is 1. The van der Waals surface area contributed by atoms with Crippen LogP contribution in [0.15, 0.2) is 24.3 Å². The Morgan fingerprint density at radius 2 is 1.78 bits per heavy atom. The van der Waals surface area contributed by atoms with Crippen LogP contribution in [0.2, 0.25) is 0 Å². The fraction of sp³-hybridized carbons (Fsp3) is 0.429. The lowest BCUT2D eigenvalue weighted by molar-refractivity contribution is 0.0471. The highest BCUT2D eigenvalue weighted by Gasteiger charge is 2.21. The van der Waals surface area contributed by atoms with Gasteiger partial charge in [0.25, 0.3) is 0 Å². The van der Waals surface area contributed by atoms with E-state index in [0.717, 1.165) is 17.0 Å². The van der Waals surface area contributed by atoms with Gasteiger partial charge in [-0.25, -0.2) is 4.79 Å². The van der Waals surface area contributed by atoms with Crippen LogP contribution in [0, 0.1) is 20.8 Å². The normalized spacial score (nSPS) is 11.9. The van der Waals surface area contributed by atoms with Gasteiger partial charge in [0, 0.05) is 24.1 Å². The molecular weight excluding hydrogens is 346 g/mol. The van der Waals surface area contributed by atoms with Crippen molar-refractivity contribution in [1.82, 2.24) is 4.57 Å². The first-order chi connectivity index (χ1) is 12.8. The molecule has 1 aromatic heterocycles. The second kappa shape index (κ2) is 8.86. The summed E-state index contributed by atoms with van der Waals surface area (Å²) >= 11 is 0. The van der Waals surface area contributed by atoms with Gasteiger partial charge in [-0.1, -0.05) is 11.6 Å². The van der Waals surface area contributed by atoms with Crippen molar-refractivity contribution < 1.29 is 23.8 Å². The Morgan fingerprint density at radius 1 is 1.07 bits per heavy atom. The van der Waals surface area contributed by atoms with E-state index in [1.807, 2.05) is 39.8 Å². The molecule has 0 amide bonds. The number of methoxy groups -OCH3 is 2. The number of aromatic nitrogens is 1. The molecular formula is C21H27NO5. The second-order valence-electron chi connectivity index (χ2n) is 6.66. The minimum absolute atomic E-state index is 0.107. The number of rotatable bonds is 8. The van der Waals surface area contributed by atoms with Gasteiger partial charge in [0.05, 0.1) is 19.8 Å². The molecule has 0 aliphatic carbocycles. The van der Waals surface area contributed by atoms with Gasteiger partial charge < -0.3 is 18.8 Å². The number of hydrogen-bond acceptors (Lipinski definition) is 5. The van der Waals surface area contributed by atoms with Gasteiger partial charge in [-0.2, -0.15) is 0 Å². The Balaban J connectivity index is 2.14. The van der Waals surface area contributed by atoms with Crippen LogP contribution >= 0.6 is 0 Å². The largest absolute Gasteiger partial charge is 0.496 e. The van der Waals surface area contributed by atoms with E-state index in [2.05, 4.69) is 4.57 Å². The topological polar surface area (TPSA) is 66.8 Å². The maximum atomic E-state index is 12.6. The Kier molecular flexibility index (Phi) is 6.80. The number of carbonyl (C=O) groups is 2. The van der Waals surface area contributed by atoms with E-state index in [4.69, 9.17) is 14.2 Å². The second-order valence-corrected chi connectivity index (χ2v) is 6.66. The average Bonchev–Trinajstić information content (AvgIpc) is 2.94. The minimum atomic E-state index is -0.578. The molecule has 27 heavy (non-hydrogen) atoms. The predicted molar refractivity (Wildman–Crippen MR) is 103 cm³/mol. The van der Waals surface area contributed by atoms with Gasteiger partial charge in [-0.3, -0.25) is 4.79 Å². The fourth-order valence-corrected chi connectivity index (χ4v) is 3.32. The highest BCUT2D eigenvalue weighted by atomic mass is 16.5. The average molecular weight is 373 g/mol. The summed E-state index contributed by atoms with van der Waals surface area (Å²) < 4.78 is 17.7. The first kappa shape index (κ1) is 20.7. The number of aryl methyl sites for hydroxylation is 2. The monoisotopic (exact) mass is 373 g/mol. The van der Waals surface area contributed by atoms with Gasteiger partial charge in [0.15, 0.2) is 6.61 Å². The van der Waals surface area contributed by atoms with Gasteiger partial charge in [-0.15, -0.1) is 0 Å². The first-order valence-electron chi connectivity index (χ1n) is 8.82. The van der Waals surface area contributed by atoms with E-state index in [1.165, 1.54) is 7.11 Å². The molecule has 1 heterocycles. The van der Waals surface area contributed by atoms with Crippen LogP contribution in [0.25, 0.3) is 0 Å². The van der Waals surface area contributed by atoms with E-state index < -0.39 is 5.97 Å². The molecule has 0 fully saturated rings. The van der Waals surface area contributed by atoms with Crippen LogP contribution < -0.4 is 4.74 Å². The fourth-order valence-electron chi connectivity index (χ4n) is 3.32. The highest BCUT2D eigenvalue weighted by molar-refractivity contribution is 6.01. The molecule has 0 saturated heterocycles. The summed E-state index contributed by atoms with van der Waals surface area (Å²) in [6, 6.07) is 7.17. The van der Waals surface area contributed by atoms with Gasteiger partial charge in [0.2, 0.25) is 5.78 Å². The molecule has 2 aromatic rings. The van der Waals surface area contributed by atoms with E-state index in [0.29, 0.717) is 23.5 Å². The van der Waals surface area contributed by atoms with Crippen molar-refractivity contribution in [2.24, 2.45) is 0 Å². The zero-order valence-corrected chi connectivity index (χ0v) is 16.8. The molecule has 1 atom stereocenters. The number of nitrogens with zero attached hydrogens (tertiary/aromatic N) is 1. The van der Waals surface area contributed by atoms with Crippen molar-refractivity contribution in [3.63, 3.8) is 0 Å². The molecule has 0 spiro atoms. The Morgan fingerprint density at radius 3 is 2.41 bits per heavy atom. The first-order valence-corrected chi connectivity index (χ1v) is 8.82. The summed E-state index contributed by atoms with van der Waals surface area (Å²) in [6.07, 6.45) is 0. The Labute approximate surface area is 160 Å².